The summed E-state index contributed by atoms with van der Waals surface area (Å²) in [5, 5.41) is 10.8. The molecule has 0 aliphatic heterocycles. The first-order chi connectivity index (χ1) is 19.8. The summed E-state index contributed by atoms with van der Waals surface area (Å²) < 4.78 is 28.4. The number of hydrogen-bond donors (Lipinski definition) is 3. The van der Waals surface area contributed by atoms with E-state index in [1.165, 1.54) is 12.1 Å². The number of primary sulfonamides is 1. The van der Waals surface area contributed by atoms with Crippen LogP contribution in [-0.4, -0.2) is 44.4 Å². The highest BCUT2D eigenvalue weighted by Crippen LogP contribution is 2.17. The molecule has 0 saturated heterocycles. The zero-order valence-corrected chi connectivity index (χ0v) is 25.0. The third kappa shape index (κ3) is 11.1. The third-order valence-corrected chi connectivity index (χ3v) is 7.40. The van der Waals surface area contributed by atoms with Crippen LogP contribution in [0.1, 0.15) is 43.9 Å². The molecule has 2 atom stereocenters. The lowest BCUT2D eigenvalue weighted by atomic mass is 9.89. The largest absolute Gasteiger partial charge is 0.444 e. The summed E-state index contributed by atoms with van der Waals surface area (Å²) in [5.41, 5.74) is 1.86. The van der Waals surface area contributed by atoms with E-state index >= 15 is 0 Å². The molecule has 224 valence electrons. The first-order valence-corrected chi connectivity index (χ1v) is 15.3. The molecule has 0 bridgehead atoms. The van der Waals surface area contributed by atoms with E-state index < -0.39 is 33.7 Å². The zero-order chi connectivity index (χ0) is 30.8. The number of carbonyl (C=O) groups is 3. The Morgan fingerprint density at radius 1 is 0.810 bits per heavy atom. The smallest absolute Gasteiger partial charge is 0.408 e. The van der Waals surface area contributed by atoms with E-state index in [9.17, 15) is 22.8 Å². The third-order valence-electron chi connectivity index (χ3n) is 6.47. The zero-order valence-electron chi connectivity index (χ0n) is 24.2. The standard InChI is InChI=1S/C32H39N3O6S/c1-32(2,3)41-31(38)35-28(21-25-12-8-5-9-13-25)29(36)22-26(20-24-10-6-4-7-11-24)30(37)34-19-18-23-14-16-27(17-15-23)42(33,39)40/h4-17,26,28H,18-22H2,1-3H3,(H,34,37)(H,35,38)(H2,33,39,40)/t26-,28+/m0/s1. The maximum absolute atomic E-state index is 13.7. The van der Waals surface area contributed by atoms with Crippen molar-refractivity contribution in [3.63, 3.8) is 0 Å². The lowest BCUT2D eigenvalue weighted by Gasteiger charge is -2.24. The van der Waals surface area contributed by atoms with E-state index in [0.29, 0.717) is 12.8 Å². The molecule has 0 aliphatic rings. The quantitative estimate of drug-likeness (QED) is 0.274. The molecule has 9 nitrogen and oxygen atoms in total. The van der Waals surface area contributed by atoms with Crippen LogP contribution in [0.25, 0.3) is 0 Å². The number of Topliss-reactive ketones (excluding diaryl/α,β-unsaturated/α-hetero) is 1. The molecule has 0 unspecified atom stereocenters. The maximum atomic E-state index is 13.7. The number of alkyl carbamates (subject to hydrolysis) is 1. The van der Waals surface area contributed by atoms with Crippen LogP contribution in [0.4, 0.5) is 4.79 Å². The van der Waals surface area contributed by atoms with Crippen molar-refractivity contribution in [1.29, 1.82) is 0 Å². The van der Waals surface area contributed by atoms with Crippen molar-refractivity contribution < 1.29 is 27.5 Å². The Morgan fingerprint density at radius 3 is 1.88 bits per heavy atom. The average molecular weight is 594 g/mol. The molecule has 10 heteroatoms. The minimum atomic E-state index is -3.79. The van der Waals surface area contributed by atoms with Crippen LogP contribution in [0.2, 0.25) is 0 Å². The summed E-state index contributed by atoms with van der Waals surface area (Å²) in [7, 11) is -3.79. The number of carbonyl (C=O) groups excluding carboxylic acids is 3. The predicted octanol–water partition coefficient (Wildman–Crippen LogP) is 3.95. The Hall–Kier alpha value is -4.02. The number of benzene rings is 3. The van der Waals surface area contributed by atoms with Gasteiger partial charge in [-0.3, -0.25) is 9.59 Å². The Balaban J connectivity index is 1.73. The molecule has 0 spiro atoms. The minimum Gasteiger partial charge on any atom is -0.444 e. The number of amides is 2. The van der Waals surface area contributed by atoms with E-state index in [1.807, 2.05) is 60.7 Å². The van der Waals surface area contributed by atoms with Crippen molar-refractivity contribution in [2.24, 2.45) is 11.1 Å². The molecule has 0 radical (unpaired) electrons. The summed E-state index contributed by atoms with van der Waals surface area (Å²) in [6.07, 6.45) is 0.268. The van der Waals surface area contributed by atoms with E-state index in [0.717, 1.165) is 16.7 Å². The SMILES string of the molecule is CC(C)(C)OC(=O)N[C@H](Cc1ccccc1)C(=O)C[C@H](Cc1ccccc1)C(=O)NCCc1ccc(S(N)(=O)=O)cc1. The molecule has 0 fully saturated rings. The van der Waals surface area contributed by atoms with Crippen LogP contribution < -0.4 is 15.8 Å². The van der Waals surface area contributed by atoms with Gasteiger partial charge in [-0.25, -0.2) is 18.4 Å². The van der Waals surface area contributed by atoms with Crippen LogP contribution in [0.15, 0.2) is 89.8 Å². The van der Waals surface area contributed by atoms with Crippen LogP contribution in [0.3, 0.4) is 0 Å². The van der Waals surface area contributed by atoms with Crippen molar-refractivity contribution in [1.82, 2.24) is 10.6 Å². The van der Waals surface area contributed by atoms with E-state index in [4.69, 9.17) is 9.88 Å². The molecule has 3 rings (SSSR count). The molecule has 4 N–H and O–H groups in total. The lowest BCUT2D eigenvalue weighted by molar-refractivity contribution is -0.130. The maximum Gasteiger partial charge on any atom is 0.408 e. The van der Waals surface area contributed by atoms with Crippen LogP contribution >= 0.6 is 0 Å². The molecule has 2 amide bonds. The van der Waals surface area contributed by atoms with Gasteiger partial charge in [-0.15, -0.1) is 0 Å². The Morgan fingerprint density at radius 2 is 1.36 bits per heavy atom. The van der Waals surface area contributed by atoms with Gasteiger partial charge in [0.05, 0.1) is 10.9 Å². The van der Waals surface area contributed by atoms with Crippen LogP contribution in [0, 0.1) is 5.92 Å². The monoisotopic (exact) mass is 593 g/mol. The molecular formula is C32H39N3O6S. The molecule has 0 aliphatic carbocycles. The van der Waals surface area contributed by atoms with Gasteiger partial charge in [0, 0.05) is 18.9 Å². The Bertz CT molecular complexity index is 1440. The fraction of sp³-hybridized carbons (Fsp3) is 0.344. The second-order valence-electron chi connectivity index (χ2n) is 11.2. The molecule has 0 saturated carbocycles. The van der Waals surface area contributed by atoms with Gasteiger partial charge in [0.15, 0.2) is 5.78 Å². The number of nitrogens with two attached hydrogens (primary N) is 1. The first kappa shape index (κ1) is 32.5. The summed E-state index contributed by atoms with van der Waals surface area (Å²) in [6, 6.07) is 24.0. The van der Waals surface area contributed by atoms with Crippen LogP contribution in [-0.2, 0) is 43.6 Å². The van der Waals surface area contributed by atoms with Gasteiger partial charge < -0.3 is 15.4 Å². The molecule has 0 aromatic heterocycles. The second-order valence-corrected chi connectivity index (χ2v) is 12.7. The fourth-order valence-electron chi connectivity index (χ4n) is 4.41. The Labute approximate surface area is 247 Å². The summed E-state index contributed by atoms with van der Waals surface area (Å²) in [5.74, 6) is -1.24. The lowest BCUT2D eigenvalue weighted by Crippen LogP contribution is -2.46. The normalized spacial score (nSPS) is 13.0. The van der Waals surface area contributed by atoms with Gasteiger partial charge in [-0.1, -0.05) is 72.8 Å². The average Bonchev–Trinajstić information content (AvgIpc) is 2.92. The van der Waals surface area contributed by atoms with Gasteiger partial charge in [-0.05, 0) is 68.9 Å². The van der Waals surface area contributed by atoms with Crippen molar-refractivity contribution in [3.05, 3.63) is 102 Å². The van der Waals surface area contributed by atoms with E-state index in [2.05, 4.69) is 10.6 Å². The highest BCUT2D eigenvalue weighted by molar-refractivity contribution is 7.89. The minimum absolute atomic E-state index is 0.0155. The topological polar surface area (TPSA) is 145 Å². The number of sulfonamides is 1. The number of hydrogen-bond acceptors (Lipinski definition) is 6. The predicted molar refractivity (Wildman–Crippen MR) is 161 cm³/mol. The number of rotatable bonds is 13. The van der Waals surface area contributed by atoms with Crippen LogP contribution in [0.5, 0.6) is 0 Å². The molecule has 3 aromatic rings. The van der Waals surface area contributed by atoms with Gasteiger partial charge in [0.1, 0.15) is 5.60 Å². The number of ether oxygens (including phenoxy) is 1. The molecule has 3 aromatic carbocycles. The summed E-state index contributed by atoms with van der Waals surface area (Å²) in [6.45, 7) is 5.52. The van der Waals surface area contributed by atoms with Gasteiger partial charge in [0.25, 0.3) is 0 Å². The van der Waals surface area contributed by atoms with Crippen molar-refractivity contribution >= 4 is 27.8 Å². The molecule has 0 heterocycles. The van der Waals surface area contributed by atoms with E-state index in [-0.39, 0.29) is 36.0 Å². The van der Waals surface area contributed by atoms with Crippen molar-refractivity contribution in [3.8, 4) is 0 Å². The molecule has 42 heavy (non-hydrogen) atoms. The second kappa shape index (κ2) is 14.7. The highest BCUT2D eigenvalue weighted by atomic mass is 32.2. The summed E-state index contributed by atoms with van der Waals surface area (Å²) in [4.78, 5) is 39.7. The van der Waals surface area contributed by atoms with Gasteiger partial charge in [0.2, 0.25) is 15.9 Å². The fourth-order valence-corrected chi connectivity index (χ4v) is 4.92. The Kier molecular flexibility index (Phi) is 11.4. The number of nitrogens with one attached hydrogen (secondary N) is 2. The van der Waals surface area contributed by atoms with E-state index in [1.54, 1.807) is 32.9 Å². The summed E-state index contributed by atoms with van der Waals surface area (Å²) >= 11 is 0. The van der Waals surface area contributed by atoms with Gasteiger partial charge in [-0.2, -0.15) is 0 Å². The van der Waals surface area contributed by atoms with Crippen molar-refractivity contribution in [2.45, 2.75) is 63.0 Å². The first-order valence-electron chi connectivity index (χ1n) is 13.8. The number of ketones is 1. The molecular weight excluding hydrogens is 554 g/mol. The highest BCUT2D eigenvalue weighted by Gasteiger charge is 2.29. The van der Waals surface area contributed by atoms with Gasteiger partial charge >= 0.3 is 6.09 Å². The van der Waals surface area contributed by atoms with Crippen molar-refractivity contribution in [2.75, 3.05) is 6.54 Å².